The molecule has 2 rings (SSSR count). The molecule has 0 aliphatic carbocycles. The first-order valence-corrected chi connectivity index (χ1v) is 4.35. The fourth-order valence-electron chi connectivity index (χ4n) is 1.57. The summed E-state index contributed by atoms with van der Waals surface area (Å²) in [6, 6.07) is 4.85. The van der Waals surface area contributed by atoms with Crippen molar-refractivity contribution in [3.8, 4) is 0 Å². The lowest BCUT2D eigenvalue weighted by molar-refractivity contribution is -0.0106. The molecule has 0 atom stereocenters. The number of nitrogens with one attached hydrogen (secondary N) is 1. The highest BCUT2D eigenvalue weighted by molar-refractivity contribution is 6.31. The van der Waals surface area contributed by atoms with E-state index in [2.05, 4.69) is 5.32 Å². The summed E-state index contributed by atoms with van der Waals surface area (Å²) >= 11 is 5.72. The highest BCUT2D eigenvalue weighted by atomic mass is 35.5. The quantitative estimate of drug-likeness (QED) is 0.683. The van der Waals surface area contributed by atoms with E-state index in [0.29, 0.717) is 12.1 Å². The van der Waals surface area contributed by atoms with Gasteiger partial charge in [-0.1, -0.05) is 23.7 Å². The first-order chi connectivity index (χ1) is 6.11. The van der Waals surface area contributed by atoms with Crippen LogP contribution >= 0.6 is 11.6 Å². The average molecular weight is 204 g/mol. The number of rotatable bonds is 0. The molecule has 1 aliphatic heterocycles. The second-order valence-corrected chi connectivity index (χ2v) is 3.49. The summed E-state index contributed by atoms with van der Waals surface area (Å²) in [4.78, 5) is 0. The lowest BCUT2D eigenvalue weighted by atomic mass is 9.98. The van der Waals surface area contributed by atoms with Crippen LogP contribution in [-0.2, 0) is 12.5 Å². The topological polar surface area (TPSA) is 12.0 Å². The van der Waals surface area contributed by atoms with Crippen LogP contribution in [0.2, 0.25) is 5.02 Å². The van der Waals surface area contributed by atoms with E-state index in [4.69, 9.17) is 11.6 Å². The molecule has 0 spiro atoms. The number of hydrogen-bond donors (Lipinski definition) is 1. The van der Waals surface area contributed by atoms with Crippen LogP contribution in [-0.4, -0.2) is 6.54 Å². The normalized spacial score (nSPS) is 19.6. The Morgan fingerprint density at radius 2 is 2.15 bits per heavy atom. The van der Waals surface area contributed by atoms with Crippen molar-refractivity contribution in [3.05, 3.63) is 34.3 Å². The molecule has 0 aromatic heterocycles. The first-order valence-electron chi connectivity index (χ1n) is 3.98. The van der Waals surface area contributed by atoms with Gasteiger partial charge in [-0.05, 0) is 11.6 Å². The smallest absolute Gasteiger partial charge is 0.287 e. The fourth-order valence-corrected chi connectivity index (χ4v) is 1.90. The Balaban J connectivity index is 2.61. The van der Waals surface area contributed by atoms with E-state index in [-0.39, 0.29) is 17.1 Å². The van der Waals surface area contributed by atoms with Gasteiger partial charge >= 0.3 is 0 Å². The minimum Gasteiger partial charge on any atom is -0.307 e. The minimum atomic E-state index is -2.84. The molecule has 0 bridgehead atoms. The molecular formula is C9H8ClF2N. The molecule has 0 fully saturated rings. The zero-order valence-electron chi connectivity index (χ0n) is 6.78. The van der Waals surface area contributed by atoms with E-state index < -0.39 is 5.92 Å². The Hall–Kier alpha value is -0.670. The van der Waals surface area contributed by atoms with Crippen LogP contribution in [0.3, 0.4) is 0 Å². The maximum atomic E-state index is 13.3. The van der Waals surface area contributed by atoms with Crippen molar-refractivity contribution < 1.29 is 8.78 Å². The molecule has 0 saturated carbocycles. The zero-order chi connectivity index (χ0) is 9.47. The van der Waals surface area contributed by atoms with Gasteiger partial charge in [0.05, 0.1) is 11.6 Å². The van der Waals surface area contributed by atoms with Gasteiger partial charge < -0.3 is 5.32 Å². The average Bonchev–Trinajstić information content (AvgIpc) is 2.02. The molecule has 70 valence electrons. The van der Waals surface area contributed by atoms with Gasteiger partial charge in [0, 0.05) is 12.1 Å². The van der Waals surface area contributed by atoms with Gasteiger partial charge in [0.2, 0.25) is 0 Å². The maximum absolute atomic E-state index is 13.3. The molecule has 1 N–H and O–H groups in total. The molecule has 1 aromatic carbocycles. The molecular weight excluding hydrogens is 196 g/mol. The maximum Gasteiger partial charge on any atom is 0.287 e. The van der Waals surface area contributed by atoms with Gasteiger partial charge in [0.15, 0.2) is 0 Å². The molecule has 1 nitrogen and oxygen atoms in total. The van der Waals surface area contributed by atoms with E-state index in [1.54, 1.807) is 12.1 Å². The van der Waals surface area contributed by atoms with Gasteiger partial charge in [-0.2, -0.15) is 8.78 Å². The van der Waals surface area contributed by atoms with E-state index >= 15 is 0 Å². The van der Waals surface area contributed by atoms with Crippen molar-refractivity contribution in [1.29, 1.82) is 0 Å². The summed E-state index contributed by atoms with van der Waals surface area (Å²) in [7, 11) is 0. The molecule has 1 aromatic rings. The summed E-state index contributed by atoms with van der Waals surface area (Å²) in [5, 5.41) is 2.81. The predicted octanol–water partition coefficient (Wildman–Crippen LogP) is 2.54. The predicted molar refractivity (Wildman–Crippen MR) is 47.1 cm³/mol. The summed E-state index contributed by atoms with van der Waals surface area (Å²) in [6.07, 6.45) is 0. The van der Waals surface area contributed by atoms with Gasteiger partial charge in [0.25, 0.3) is 5.92 Å². The third kappa shape index (κ3) is 1.42. The molecule has 0 unspecified atom stereocenters. The third-order valence-electron chi connectivity index (χ3n) is 2.13. The third-order valence-corrected chi connectivity index (χ3v) is 2.44. The number of hydrogen-bond acceptors (Lipinski definition) is 1. The molecule has 1 heterocycles. The largest absolute Gasteiger partial charge is 0.307 e. The first kappa shape index (κ1) is 8.91. The summed E-state index contributed by atoms with van der Waals surface area (Å²) in [5.74, 6) is -2.84. The van der Waals surface area contributed by atoms with Crippen molar-refractivity contribution in [2.24, 2.45) is 0 Å². The monoisotopic (exact) mass is 203 g/mol. The standard InChI is InChI=1S/C9H8ClF2N/c10-7-3-1-2-6-4-13-5-9(11,12)8(6)7/h1-3,13H,4-5H2. The van der Waals surface area contributed by atoms with E-state index in [0.717, 1.165) is 0 Å². The number of alkyl halides is 2. The lowest BCUT2D eigenvalue weighted by Crippen LogP contribution is -2.36. The molecule has 4 heteroatoms. The van der Waals surface area contributed by atoms with Crippen molar-refractivity contribution in [1.82, 2.24) is 5.32 Å². The Kier molecular flexibility index (Phi) is 2.00. The number of halogens is 3. The van der Waals surface area contributed by atoms with Crippen LogP contribution in [0.5, 0.6) is 0 Å². The van der Waals surface area contributed by atoms with Crippen LogP contribution in [0.4, 0.5) is 8.78 Å². The second-order valence-electron chi connectivity index (χ2n) is 3.08. The van der Waals surface area contributed by atoms with Crippen molar-refractivity contribution in [2.45, 2.75) is 12.5 Å². The molecule has 0 amide bonds. The van der Waals surface area contributed by atoms with E-state index in [1.807, 2.05) is 0 Å². The lowest BCUT2D eigenvalue weighted by Gasteiger charge is -2.26. The fraction of sp³-hybridized carbons (Fsp3) is 0.333. The van der Waals surface area contributed by atoms with Crippen molar-refractivity contribution in [3.63, 3.8) is 0 Å². The van der Waals surface area contributed by atoms with Gasteiger partial charge in [-0.25, -0.2) is 0 Å². The number of benzene rings is 1. The van der Waals surface area contributed by atoms with Crippen LogP contribution in [0.1, 0.15) is 11.1 Å². The van der Waals surface area contributed by atoms with Gasteiger partial charge in [-0.3, -0.25) is 0 Å². The molecule has 0 radical (unpaired) electrons. The highest BCUT2D eigenvalue weighted by Gasteiger charge is 2.38. The Bertz CT molecular complexity index is 338. The summed E-state index contributed by atoms with van der Waals surface area (Å²) in [6.45, 7) is 0.134. The molecule has 0 saturated heterocycles. The van der Waals surface area contributed by atoms with Crippen molar-refractivity contribution >= 4 is 11.6 Å². The van der Waals surface area contributed by atoms with Gasteiger partial charge in [0.1, 0.15) is 0 Å². The van der Waals surface area contributed by atoms with Crippen LogP contribution < -0.4 is 5.32 Å². The van der Waals surface area contributed by atoms with E-state index in [9.17, 15) is 8.78 Å². The molecule has 1 aliphatic rings. The summed E-state index contributed by atoms with van der Waals surface area (Å²) < 4.78 is 26.6. The summed E-state index contributed by atoms with van der Waals surface area (Å²) in [5.41, 5.74) is 0.569. The Morgan fingerprint density at radius 1 is 1.38 bits per heavy atom. The molecule has 13 heavy (non-hydrogen) atoms. The SMILES string of the molecule is FC1(F)CNCc2cccc(Cl)c21. The number of fused-ring (bicyclic) bond motifs is 1. The van der Waals surface area contributed by atoms with E-state index in [1.165, 1.54) is 6.07 Å². The minimum absolute atomic E-state index is 0.0181. The van der Waals surface area contributed by atoms with Crippen LogP contribution in [0, 0.1) is 0 Å². The highest BCUT2D eigenvalue weighted by Crippen LogP contribution is 2.37. The Labute approximate surface area is 79.7 Å². The van der Waals surface area contributed by atoms with Crippen LogP contribution in [0.25, 0.3) is 0 Å². The van der Waals surface area contributed by atoms with Crippen molar-refractivity contribution in [2.75, 3.05) is 6.54 Å². The van der Waals surface area contributed by atoms with Gasteiger partial charge in [-0.15, -0.1) is 0 Å². The Morgan fingerprint density at radius 3 is 2.85 bits per heavy atom. The zero-order valence-corrected chi connectivity index (χ0v) is 7.54. The second kappa shape index (κ2) is 2.93. The van der Waals surface area contributed by atoms with Crippen LogP contribution in [0.15, 0.2) is 18.2 Å².